The average molecular weight is 352 g/mol. The van der Waals surface area contributed by atoms with E-state index in [4.69, 9.17) is 9.84 Å². The molecule has 0 spiro atoms. The molecule has 0 fully saturated rings. The van der Waals surface area contributed by atoms with Crippen molar-refractivity contribution in [2.45, 2.75) is 0 Å². The number of rotatable bonds is 6. The molecular weight excluding hydrogens is 336 g/mol. The first-order valence-corrected chi connectivity index (χ1v) is 7.92. The fraction of sp³-hybridized carbons (Fsp3) is 0.105. The van der Waals surface area contributed by atoms with E-state index >= 15 is 0 Å². The van der Waals surface area contributed by atoms with Crippen molar-refractivity contribution < 1.29 is 24.2 Å². The third kappa shape index (κ3) is 3.62. The smallest absolute Gasteiger partial charge is 0.345 e. The lowest BCUT2D eigenvalue weighted by atomic mass is 10.1. The second-order valence-electron chi connectivity index (χ2n) is 5.45. The van der Waals surface area contributed by atoms with Gasteiger partial charge in [-0.05, 0) is 24.3 Å². The number of hydrogen-bond donors (Lipinski definition) is 2. The molecule has 0 atom stereocenters. The summed E-state index contributed by atoms with van der Waals surface area (Å²) < 4.78 is 5.32. The molecule has 1 heterocycles. The average Bonchev–Trinajstić information content (AvgIpc) is 2.91. The lowest BCUT2D eigenvalue weighted by Crippen LogP contribution is -2.34. The van der Waals surface area contributed by atoms with Crippen LogP contribution in [0.5, 0.6) is 5.75 Å². The molecule has 0 saturated carbocycles. The highest BCUT2D eigenvalue weighted by Crippen LogP contribution is 2.22. The van der Waals surface area contributed by atoms with Crippen molar-refractivity contribution in [1.29, 1.82) is 0 Å². The van der Waals surface area contributed by atoms with Gasteiger partial charge in [-0.25, -0.2) is 4.79 Å². The van der Waals surface area contributed by atoms with Gasteiger partial charge in [0.1, 0.15) is 11.4 Å². The molecule has 132 valence electrons. The topological polar surface area (TPSA) is 95.9 Å². The van der Waals surface area contributed by atoms with Gasteiger partial charge in [0.25, 0.3) is 11.8 Å². The zero-order valence-corrected chi connectivity index (χ0v) is 13.7. The Kier molecular flexibility index (Phi) is 5.09. The maximum atomic E-state index is 12.4. The van der Waals surface area contributed by atoms with E-state index in [9.17, 15) is 14.4 Å². The summed E-state index contributed by atoms with van der Waals surface area (Å²) >= 11 is 0. The highest BCUT2D eigenvalue weighted by atomic mass is 16.5. The number of esters is 1. The molecule has 1 aliphatic heterocycles. The first-order valence-electron chi connectivity index (χ1n) is 7.92. The van der Waals surface area contributed by atoms with Gasteiger partial charge in [0.2, 0.25) is 0 Å². The summed E-state index contributed by atoms with van der Waals surface area (Å²) in [6.45, 7) is -0.407. The lowest BCUT2D eigenvalue weighted by Gasteiger charge is -2.14. The van der Waals surface area contributed by atoms with Crippen molar-refractivity contribution in [2.24, 2.45) is 0 Å². The van der Waals surface area contributed by atoms with Gasteiger partial charge < -0.3 is 15.2 Å². The standard InChI is InChI=1S/C19H16N2O5/c22-11-10-21-17(23)12-16(18(21)24)20-15-9-5-4-8-14(15)19(25)26-13-6-2-1-3-7-13/h1-9,12,20,22H,10-11H2. The minimum Gasteiger partial charge on any atom is -0.423 e. The highest BCUT2D eigenvalue weighted by Gasteiger charge is 2.31. The number of hydrogen-bond acceptors (Lipinski definition) is 6. The van der Waals surface area contributed by atoms with E-state index in [2.05, 4.69) is 5.32 Å². The molecule has 2 amide bonds. The van der Waals surface area contributed by atoms with Crippen LogP contribution in [-0.4, -0.2) is 40.9 Å². The van der Waals surface area contributed by atoms with E-state index in [1.165, 1.54) is 0 Å². The summed E-state index contributed by atoms with van der Waals surface area (Å²) in [6.07, 6.45) is 1.14. The van der Waals surface area contributed by atoms with Gasteiger partial charge in [0.15, 0.2) is 0 Å². The Morgan fingerprint density at radius 1 is 1.04 bits per heavy atom. The lowest BCUT2D eigenvalue weighted by molar-refractivity contribution is -0.137. The minimum atomic E-state index is -0.594. The Morgan fingerprint density at radius 2 is 1.73 bits per heavy atom. The number of carbonyl (C=O) groups is 3. The van der Waals surface area contributed by atoms with Gasteiger partial charge >= 0.3 is 5.97 Å². The molecule has 0 aromatic heterocycles. The Balaban J connectivity index is 1.80. The number of amides is 2. The predicted molar refractivity (Wildman–Crippen MR) is 93.4 cm³/mol. The van der Waals surface area contributed by atoms with Gasteiger partial charge in [-0.1, -0.05) is 30.3 Å². The van der Waals surface area contributed by atoms with E-state index in [1.807, 2.05) is 0 Å². The second kappa shape index (κ2) is 7.62. The van der Waals surface area contributed by atoms with Crippen LogP contribution in [0.15, 0.2) is 66.4 Å². The Labute approximate surface area is 149 Å². The summed E-state index contributed by atoms with van der Waals surface area (Å²) in [7, 11) is 0. The molecule has 0 aliphatic carbocycles. The van der Waals surface area contributed by atoms with Crippen LogP contribution in [-0.2, 0) is 9.59 Å². The number of carbonyl (C=O) groups excluding carboxylic acids is 3. The summed E-state index contributed by atoms with van der Waals surface area (Å²) in [6, 6.07) is 15.1. The minimum absolute atomic E-state index is 0.0309. The van der Waals surface area contributed by atoms with Crippen LogP contribution in [0.25, 0.3) is 0 Å². The van der Waals surface area contributed by atoms with Crippen molar-refractivity contribution >= 4 is 23.5 Å². The Morgan fingerprint density at radius 3 is 2.46 bits per heavy atom. The molecule has 0 saturated heterocycles. The molecule has 2 aromatic rings. The molecule has 3 rings (SSSR count). The maximum absolute atomic E-state index is 12.4. The quantitative estimate of drug-likeness (QED) is 0.465. The van der Waals surface area contributed by atoms with E-state index in [-0.39, 0.29) is 24.4 Å². The first-order chi connectivity index (χ1) is 12.6. The van der Waals surface area contributed by atoms with Gasteiger partial charge in [-0.15, -0.1) is 0 Å². The van der Waals surface area contributed by atoms with Crippen molar-refractivity contribution in [3.8, 4) is 5.75 Å². The molecule has 7 heteroatoms. The molecular formula is C19H16N2O5. The van der Waals surface area contributed by atoms with Crippen molar-refractivity contribution in [2.75, 3.05) is 18.5 Å². The van der Waals surface area contributed by atoms with Gasteiger partial charge in [0, 0.05) is 6.08 Å². The number of benzene rings is 2. The summed E-state index contributed by atoms with van der Waals surface area (Å²) in [5, 5.41) is 11.8. The molecule has 1 aliphatic rings. The first kappa shape index (κ1) is 17.4. The number of β-amino-alcohol motifs (C(OH)–C–C–N with tert-alkyl or cyclic N) is 1. The van der Waals surface area contributed by atoms with Crippen LogP contribution < -0.4 is 10.1 Å². The van der Waals surface area contributed by atoms with E-state index in [0.717, 1.165) is 11.0 Å². The van der Waals surface area contributed by atoms with Crippen LogP contribution >= 0.6 is 0 Å². The fourth-order valence-corrected chi connectivity index (χ4v) is 2.48. The van der Waals surface area contributed by atoms with E-state index in [0.29, 0.717) is 11.4 Å². The summed E-state index contributed by atoms with van der Waals surface area (Å²) in [4.78, 5) is 37.4. The monoisotopic (exact) mass is 352 g/mol. The Hall–Kier alpha value is -3.45. The predicted octanol–water partition coefficient (Wildman–Crippen LogP) is 1.56. The molecule has 0 unspecified atom stereocenters. The van der Waals surface area contributed by atoms with Crippen LogP contribution in [0.3, 0.4) is 0 Å². The summed E-state index contributed by atoms with van der Waals surface area (Å²) in [5.41, 5.74) is 0.591. The van der Waals surface area contributed by atoms with Crippen molar-refractivity contribution in [1.82, 2.24) is 4.90 Å². The number of ether oxygens (including phenoxy) is 1. The Bertz CT molecular complexity index is 877. The van der Waals surface area contributed by atoms with Crippen LogP contribution in [0, 0.1) is 0 Å². The van der Waals surface area contributed by atoms with E-state index < -0.39 is 17.8 Å². The van der Waals surface area contributed by atoms with E-state index in [1.54, 1.807) is 54.6 Å². The maximum Gasteiger partial charge on any atom is 0.345 e. The zero-order valence-electron chi connectivity index (χ0n) is 13.7. The van der Waals surface area contributed by atoms with Gasteiger partial charge in [0.05, 0.1) is 24.4 Å². The number of aliphatic hydroxyl groups excluding tert-OH is 1. The molecule has 2 aromatic carbocycles. The number of aliphatic hydroxyl groups is 1. The molecule has 7 nitrogen and oxygen atoms in total. The number of imide groups is 1. The van der Waals surface area contributed by atoms with Crippen molar-refractivity contribution in [3.05, 3.63) is 71.9 Å². The number of nitrogens with zero attached hydrogens (tertiary/aromatic N) is 1. The van der Waals surface area contributed by atoms with Crippen LogP contribution in [0.2, 0.25) is 0 Å². The molecule has 0 bridgehead atoms. The molecule has 2 N–H and O–H groups in total. The SMILES string of the molecule is O=C(Oc1ccccc1)c1ccccc1NC1=CC(=O)N(CCO)C1=O. The van der Waals surface area contributed by atoms with Crippen molar-refractivity contribution in [3.63, 3.8) is 0 Å². The number of nitrogens with one attached hydrogen (secondary N) is 1. The molecule has 0 radical (unpaired) electrons. The normalized spacial score (nSPS) is 13.6. The third-order valence-corrected chi connectivity index (χ3v) is 3.70. The fourth-order valence-electron chi connectivity index (χ4n) is 2.48. The number of anilines is 1. The van der Waals surface area contributed by atoms with Crippen LogP contribution in [0.1, 0.15) is 10.4 Å². The van der Waals surface area contributed by atoms with Crippen LogP contribution in [0.4, 0.5) is 5.69 Å². The molecule has 26 heavy (non-hydrogen) atoms. The summed E-state index contributed by atoms with van der Waals surface area (Å²) in [5.74, 6) is -1.28. The zero-order chi connectivity index (χ0) is 18.5. The van der Waals surface area contributed by atoms with Gasteiger partial charge in [-0.2, -0.15) is 0 Å². The van der Waals surface area contributed by atoms with Gasteiger partial charge in [-0.3, -0.25) is 14.5 Å². The third-order valence-electron chi connectivity index (χ3n) is 3.70. The largest absolute Gasteiger partial charge is 0.423 e. The highest BCUT2D eigenvalue weighted by molar-refractivity contribution is 6.17. The second-order valence-corrected chi connectivity index (χ2v) is 5.45. The number of para-hydroxylation sites is 2.